The van der Waals surface area contributed by atoms with Crippen molar-refractivity contribution in [2.75, 3.05) is 0 Å². The molecule has 0 aliphatic heterocycles. The Morgan fingerprint density at radius 1 is 1.22 bits per heavy atom. The Kier molecular flexibility index (Phi) is 3.64. The van der Waals surface area contributed by atoms with E-state index in [1.165, 1.54) is 16.7 Å². The van der Waals surface area contributed by atoms with Gasteiger partial charge in [0.15, 0.2) is 0 Å². The lowest BCUT2D eigenvalue weighted by atomic mass is 10.1. The van der Waals surface area contributed by atoms with Crippen molar-refractivity contribution < 1.29 is 13.9 Å². The second kappa shape index (κ2) is 5.50. The van der Waals surface area contributed by atoms with E-state index in [9.17, 15) is 9.18 Å². The molecular weight excluding hydrogens is 295 g/mol. The van der Waals surface area contributed by atoms with E-state index in [4.69, 9.17) is 4.74 Å². The number of nitrogens with zero attached hydrogens (tertiary/aromatic N) is 2. The summed E-state index contributed by atoms with van der Waals surface area (Å²) in [5.74, 6) is -0.326. The van der Waals surface area contributed by atoms with Gasteiger partial charge in [0.05, 0.1) is 11.2 Å². The lowest BCUT2D eigenvalue weighted by Crippen LogP contribution is -2.26. The molecule has 0 N–H and O–H groups in total. The molecular formula is C18H17FN2O2. The number of fused-ring (bicyclic) bond motifs is 1. The molecule has 0 saturated heterocycles. The summed E-state index contributed by atoms with van der Waals surface area (Å²) in [6.45, 7) is 5.45. The normalized spacial score (nSPS) is 11.7. The highest BCUT2D eigenvalue weighted by atomic mass is 19.1. The van der Waals surface area contributed by atoms with Crippen molar-refractivity contribution in [2.24, 2.45) is 0 Å². The SMILES string of the molecule is CC(C)(C)OC(=O)n1ccc2c(-c3cccc(F)c3)nccc21. The molecule has 1 aromatic carbocycles. The molecule has 118 valence electrons. The predicted molar refractivity (Wildman–Crippen MR) is 86.8 cm³/mol. The molecule has 0 spiro atoms. The molecule has 23 heavy (non-hydrogen) atoms. The molecule has 4 nitrogen and oxygen atoms in total. The highest BCUT2D eigenvalue weighted by Crippen LogP contribution is 2.28. The predicted octanol–water partition coefficient (Wildman–Crippen LogP) is 4.63. The van der Waals surface area contributed by atoms with Crippen molar-refractivity contribution in [3.8, 4) is 11.3 Å². The summed E-state index contributed by atoms with van der Waals surface area (Å²) in [6, 6.07) is 9.75. The number of aromatic nitrogens is 2. The minimum atomic E-state index is -0.577. The van der Waals surface area contributed by atoms with E-state index >= 15 is 0 Å². The van der Waals surface area contributed by atoms with Crippen molar-refractivity contribution in [3.05, 3.63) is 54.6 Å². The van der Waals surface area contributed by atoms with Gasteiger partial charge in [-0.15, -0.1) is 0 Å². The molecule has 0 bridgehead atoms. The van der Waals surface area contributed by atoms with Gasteiger partial charge < -0.3 is 4.74 Å². The first-order valence-corrected chi connectivity index (χ1v) is 7.30. The van der Waals surface area contributed by atoms with Gasteiger partial charge in [-0.3, -0.25) is 9.55 Å². The summed E-state index contributed by atoms with van der Waals surface area (Å²) in [4.78, 5) is 16.6. The molecule has 0 saturated carbocycles. The molecule has 3 aromatic rings. The van der Waals surface area contributed by atoms with Gasteiger partial charge in [-0.2, -0.15) is 0 Å². The maximum Gasteiger partial charge on any atom is 0.418 e. The third kappa shape index (κ3) is 3.08. The average molecular weight is 312 g/mol. The summed E-state index contributed by atoms with van der Waals surface area (Å²) >= 11 is 0. The second-order valence-corrected chi connectivity index (χ2v) is 6.27. The third-order valence-electron chi connectivity index (χ3n) is 3.31. The van der Waals surface area contributed by atoms with E-state index in [-0.39, 0.29) is 5.82 Å². The van der Waals surface area contributed by atoms with Crippen LogP contribution in [0, 0.1) is 5.82 Å². The molecule has 0 radical (unpaired) electrons. The van der Waals surface area contributed by atoms with Crippen molar-refractivity contribution in [3.63, 3.8) is 0 Å². The van der Waals surface area contributed by atoms with E-state index < -0.39 is 11.7 Å². The number of hydrogen-bond donors (Lipinski definition) is 0. The highest BCUT2D eigenvalue weighted by Gasteiger charge is 2.20. The van der Waals surface area contributed by atoms with Gasteiger partial charge in [-0.1, -0.05) is 12.1 Å². The number of hydrogen-bond acceptors (Lipinski definition) is 3. The smallest absolute Gasteiger partial charge is 0.418 e. The molecule has 0 unspecified atom stereocenters. The molecule has 0 aliphatic carbocycles. The monoisotopic (exact) mass is 312 g/mol. The fraction of sp³-hybridized carbons (Fsp3) is 0.222. The molecule has 0 fully saturated rings. The number of rotatable bonds is 1. The van der Waals surface area contributed by atoms with Gasteiger partial charge in [0.1, 0.15) is 11.4 Å². The highest BCUT2D eigenvalue weighted by molar-refractivity contribution is 5.97. The minimum absolute atomic E-state index is 0.326. The summed E-state index contributed by atoms with van der Waals surface area (Å²) in [5, 5.41) is 0.768. The van der Waals surface area contributed by atoms with Gasteiger partial charge in [0.25, 0.3) is 0 Å². The van der Waals surface area contributed by atoms with Crippen LogP contribution in [0.5, 0.6) is 0 Å². The van der Waals surface area contributed by atoms with Crippen LogP contribution in [0.4, 0.5) is 9.18 Å². The van der Waals surface area contributed by atoms with Crippen LogP contribution in [0.25, 0.3) is 22.2 Å². The fourth-order valence-corrected chi connectivity index (χ4v) is 2.40. The Bertz CT molecular complexity index is 878. The maximum atomic E-state index is 13.5. The van der Waals surface area contributed by atoms with Crippen LogP contribution >= 0.6 is 0 Å². The third-order valence-corrected chi connectivity index (χ3v) is 3.31. The first-order chi connectivity index (χ1) is 10.8. The number of ether oxygens (including phenoxy) is 1. The molecule has 2 aromatic heterocycles. The van der Waals surface area contributed by atoms with Crippen molar-refractivity contribution >= 4 is 17.0 Å². The van der Waals surface area contributed by atoms with Gasteiger partial charge in [-0.05, 0) is 45.0 Å². The summed E-state index contributed by atoms with van der Waals surface area (Å²) < 4.78 is 20.3. The fourth-order valence-electron chi connectivity index (χ4n) is 2.40. The Labute approximate surface area is 133 Å². The molecule has 0 amide bonds. The molecule has 0 atom stereocenters. The number of benzene rings is 1. The number of pyridine rings is 1. The average Bonchev–Trinajstić information content (AvgIpc) is 2.89. The van der Waals surface area contributed by atoms with E-state index in [1.807, 2.05) is 20.8 Å². The largest absolute Gasteiger partial charge is 0.443 e. The topological polar surface area (TPSA) is 44.1 Å². The number of carbonyl (C=O) groups excluding carboxylic acids is 1. The first kappa shape index (κ1) is 15.2. The van der Waals surface area contributed by atoms with Crippen LogP contribution in [0.1, 0.15) is 20.8 Å². The number of carbonyl (C=O) groups is 1. The van der Waals surface area contributed by atoms with Crippen LogP contribution in [0.3, 0.4) is 0 Å². The van der Waals surface area contributed by atoms with Crippen molar-refractivity contribution in [1.29, 1.82) is 0 Å². The Morgan fingerprint density at radius 2 is 2.00 bits per heavy atom. The standard InChI is InChI=1S/C18H17FN2O2/c1-18(2,3)23-17(22)21-10-8-14-15(21)7-9-20-16(14)12-5-4-6-13(19)11-12/h4-11H,1-3H3. The second-order valence-electron chi connectivity index (χ2n) is 6.27. The zero-order valence-corrected chi connectivity index (χ0v) is 13.2. The van der Waals surface area contributed by atoms with Crippen molar-refractivity contribution in [1.82, 2.24) is 9.55 Å². The van der Waals surface area contributed by atoms with Crippen LogP contribution < -0.4 is 0 Å². The van der Waals surface area contributed by atoms with E-state index in [2.05, 4.69) is 4.98 Å². The van der Waals surface area contributed by atoms with Crippen LogP contribution in [0.15, 0.2) is 48.8 Å². The molecule has 5 heteroatoms. The van der Waals surface area contributed by atoms with Crippen molar-refractivity contribution in [2.45, 2.75) is 26.4 Å². The minimum Gasteiger partial charge on any atom is -0.443 e. The zero-order valence-electron chi connectivity index (χ0n) is 13.2. The quantitative estimate of drug-likeness (QED) is 0.658. The van der Waals surface area contributed by atoms with E-state index in [0.717, 1.165) is 5.39 Å². The molecule has 3 rings (SSSR count). The van der Waals surface area contributed by atoms with Gasteiger partial charge >= 0.3 is 6.09 Å². The summed E-state index contributed by atoms with van der Waals surface area (Å²) in [7, 11) is 0. The zero-order chi connectivity index (χ0) is 16.6. The van der Waals surface area contributed by atoms with E-state index in [0.29, 0.717) is 16.8 Å². The lowest BCUT2D eigenvalue weighted by Gasteiger charge is -2.19. The number of halogens is 1. The van der Waals surface area contributed by atoms with Crippen LogP contribution in [-0.2, 0) is 4.74 Å². The first-order valence-electron chi connectivity index (χ1n) is 7.30. The molecule has 0 aliphatic rings. The summed E-state index contributed by atoms with van der Waals surface area (Å²) in [6.07, 6.45) is 2.79. The van der Waals surface area contributed by atoms with Gasteiger partial charge in [0.2, 0.25) is 0 Å². The molecule has 2 heterocycles. The van der Waals surface area contributed by atoms with Gasteiger partial charge in [0, 0.05) is 23.3 Å². The Hall–Kier alpha value is -2.69. The summed E-state index contributed by atoms with van der Waals surface area (Å²) in [5.41, 5.74) is 1.39. The lowest BCUT2D eigenvalue weighted by molar-refractivity contribution is 0.0544. The Balaban J connectivity index is 2.09. The van der Waals surface area contributed by atoms with Gasteiger partial charge in [-0.25, -0.2) is 9.18 Å². The Morgan fingerprint density at radius 3 is 2.70 bits per heavy atom. The maximum absolute atomic E-state index is 13.5. The van der Waals surface area contributed by atoms with Crippen LogP contribution in [-0.4, -0.2) is 21.2 Å². The van der Waals surface area contributed by atoms with E-state index in [1.54, 1.807) is 36.7 Å². The van der Waals surface area contributed by atoms with Crippen LogP contribution in [0.2, 0.25) is 0 Å².